The number of nitrogens with zero attached hydrogens (tertiary/aromatic N) is 4. The molecular formula is C20H21FN4O2S2. The van der Waals surface area contributed by atoms with Crippen LogP contribution in [0.1, 0.15) is 23.3 Å². The maximum Gasteiger partial charge on any atom is 0.246 e. The molecule has 3 aromatic rings. The Morgan fingerprint density at radius 2 is 1.76 bits per heavy atom. The minimum atomic E-state index is -3.84. The van der Waals surface area contributed by atoms with Crippen LogP contribution in [0.15, 0.2) is 35.5 Å². The lowest BCUT2D eigenvalue weighted by atomic mass is 9.97. The third kappa shape index (κ3) is 3.21. The van der Waals surface area contributed by atoms with Crippen molar-refractivity contribution in [1.82, 2.24) is 14.3 Å². The van der Waals surface area contributed by atoms with Crippen LogP contribution in [-0.4, -0.2) is 48.9 Å². The van der Waals surface area contributed by atoms with Gasteiger partial charge in [-0.3, -0.25) is 0 Å². The average Bonchev–Trinajstić information content (AvgIpc) is 3.13. The number of hydrogen-bond acceptors (Lipinski definition) is 6. The first-order valence-electron chi connectivity index (χ1n) is 9.80. The van der Waals surface area contributed by atoms with E-state index in [1.165, 1.54) is 45.8 Å². The van der Waals surface area contributed by atoms with Gasteiger partial charge >= 0.3 is 0 Å². The highest BCUT2D eigenvalue weighted by atomic mass is 32.2. The largest absolute Gasteiger partial charge is 0.353 e. The summed E-state index contributed by atoms with van der Waals surface area (Å²) < 4.78 is 41.1. The maximum atomic E-state index is 14.0. The lowest BCUT2D eigenvalue weighted by Crippen LogP contribution is -2.49. The number of anilines is 1. The van der Waals surface area contributed by atoms with Crippen LogP contribution in [-0.2, 0) is 22.9 Å². The molecule has 0 atom stereocenters. The number of piperazine rings is 1. The highest BCUT2D eigenvalue weighted by Gasteiger charge is 2.32. The number of aromatic nitrogens is 2. The number of benzene rings is 1. The van der Waals surface area contributed by atoms with Crippen molar-refractivity contribution in [3.8, 4) is 0 Å². The fraction of sp³-hybridized carbons (Fsp3) is 0.400. The van der Waals surface area contributed by atoms with Gasteiger partial charge in [-0.05, 0) is 43.4 Å². The van der Waals surface area contributed by atoms with Gasteiger partial charge in [0.2, 0.25) is 10.0 Å². The molecule has 1 aromatic carbocycles. The minimum Gasteiger partial charge on any atom is -0.353 e. The second-order valence-corrected chi connectivity index (χ2v) is 10.4. The Balaban J connectivity index is 1.42. The van der Waals surface area contributed by atoms with Gasteiger partial charge in [-0.15, -0.1) is 11.3 Å². The lowest BCUT2D eigenvalue weighted by molar-refractivity contribution is 0.381. The molecule has 1 aliphatic carbocycles. The molecule has 0 saturated carbocycles. The fourth-order valence-corrected chi connectivity index (χ4v) is 6.96. The van der Waals surface area contributed by atoms with Crippen molar-refractivity contribution in [2.75, 3.05) is 31.1 Å². The molecule has 0 bridgehead atoms. The van der Waals surface area contributed by atoms with E-state index in [0.29, 0.717) is 26.2 Å². The van der Waals surface area contributed by atoms with Crippen LogP contribution in [0.5, 0.6) is 0 Å². The van der Waals surface area contributed by atoms with Gasteiger partial charge in [0.05, 0.1) is 5.39 Å². The summed E-state index contributed by atoms with van der Waals surface area (Å²) in [5, 5.41) is 1.14. The first-order valence-corrected chi connectivity index (χ1v) is 12.1. The Morgan fingerprint density at radius 1 is 1.00 bits per heavy atom. The summed E-state index contributed by atoms with van der Waals surface area (Å²) in [7, 11) is -3.84. The summed E-state index contributed by atoms with van der Waals surface area (Å²) in [6.07, 6.45) is 6.15. The molecule has 1 fully saturated rings. The smallest absolute Gasteiger partial charge is 0.246 e. The Hall–Kier alpha value is -2.10. The van der Waals surface area contributed by atoms with E-state index in [-0.39, 0.29) is 4.90 Å². The van der Waals surface area contributed by atoms with Crippen LogP contribution >= 0.6 is 11.3 Å². The van der Waals surface area contributed by atoms with Gasteiger partial charge in [-0.25, -0.2) is 22.8 Å². The summed E-state index contributed by atoms with van der Waals surface area (Å²) in [5.41, 5.74) is 1.37. The molecule has 0 spiro atoms. The zero-order chi connectivity index (χ0) is 20.0. The SMILES string of the molecule is O=S(=O)(c1ccccc1F)N1CCN(c2ncnc3sc4c(c23)CCCC4)CC1. The van der Waals surface area contributed by atoms with Gasteiger partial charge in [-0.2, -0.15) is 4.31 Å². The van der Waals surface area contributed by atoms with Crippen molar-refractivity contribution in [3.05, 3.63) is 46.9 Å². The number of sulfonamides is 1. The summed E-state index contributed by atoms with van der Waals surface area (Å²) in [6, 6.07) is 5.54. The highest BCUT2D eigenvalue weighted by molar-refractivity contribution is 7.89. The summed E-state index contributed by atoms with van der Waals surface area (Å²) in [4.78, 5) is 13.3. The number of aryl methyl sites for hydroxylation is 2. The summed E-state index contributed by atoms with van der Waals surface area (Å²) in [5.74, 6) is 0.190. The van der Waals surface area contributed by atoms with E-state index in [0.717, 1.165) is 28.9 Å². The number of thiophene rings is 1. The molecule has 9 heteroatoms. The molecule has 3 heterocycles. The Bertz CT molecular complexity index is 1170. The Morgan fingerprint density at radius 3 is 2.55 bits per heavy atom. The summed E-state index contributed by atoms with van der Waals surface area (Å²) in [6.45, 7) is 1.64. The maximum absolute atomic E-state index is 14.0. The molecule has 5 rings (SSSR count). The van der Waals surface area contributed by atoms with E-state index in [2.05, 4.69) is 14.9 Å². The van der Waals surface area contributed by atoms with Gasteiger partial charge in [-0.1, -0.05) is 12.1 Å². The van der Waals surface area contributed by atoms with Crippen molar-refractivity contribution in [1.29, 1.82) is 0 Å². The van der Waals surface area contributed by atoms with Crippen LogP contribution in [0.3, 0.4) is 0 Å². The van der Waals surface area contributed by atoms with Crippen molar-refractivity contribution >= 4 is 37.4 Å². The molecule has 0 N–H and O–H groups in total. The number of halogens is 1. The fourth-order valence-electron chi connectivity index (χ4n) is 4.25. The van der Waals surface area contributed by atoms with Crippen LogP contribution in [0, 0.1) is 5.82 Å². The van der Waals surface area contributed by atoms with E-state index < -0.39 is 15.8 Å². The van der Waals surface area contributed by atoms with E-state index in [9.17, 15) is 12.8 Å². The average molecular weight is 433 g/mol. The topological polar surface area (TPSA) is 66.4 Å². The number of fused-ring (bicyclic) bond motifs is 3. The molecular weight excluding hydrogens is 411 g/mol. The second-order valence-electron chi connectivity index (χ2n) is 7.41. The minimum absolute atomic E-state index is 0.259. The van der Waals surface area contributed by atoms with Crippen LogP contribution in [0.25, 0.3) is 10.2 Å². The molecule has 29 heavy (non-hydrogen) atoms. The van der Waals surface area contributed by atoms with Crippen molar-refractivity contribution < 1.29 is 12.8 Å². The Labute approximate surface area is 173 Å². The Kier molecular flexibility index (Phi) is 4.76. The molecule has 0 unspecified atom stereocenters. The van der Waals surface area contributed by atoms with Gasteiger partial charge < -0.3 is 4.90 Å². The summed E-state index contributed by atoms with van der Waals surface area (Å²) >= 11 is 1.76. The number of rotatable bonds is 3. The van der Waals surface area contributed by atoms with Crippen LogP contribution in [0.2, 0.25) is 0 Å². The van der Waals surface area contributed by atoms with Crippen molar-refractivity contribution in [2.45, 2.75) is 30.6 Å². The third-order valence-electron chi connectivity index (χ3n) is 5.72. The second kappa shape index (κ2) is 7.30. The highest BCUT2D eigenvalue weighted by Crippen LogP contribution is 2.39. The zero-order valence-electron chi connectivity index (χ0n) is 15.8. The molecule has 1 aliphatic heterocycles. The van der Waals surface area contributed by atoms with Gasteiger partial charge in [0.1, 0.15) is 27.7 Å². The van der Waals surface area contributed by atoms with Crippen LogP contribution in [0.4, 0.5) is 10.2 Å². The van der Waals surface area contributed by atoms with Crippen molar-refractivity contribution in [2.24, 2.45) is 0 Å². The molecule has 152 valence electrons. The van der Waals surface area contributed by atoms with Gasteiger partial charge in [0.25, 0.3) is 0 Å². The molecule has 1 saturated heterocycles. The van der Waals surface area contributed by atoms with Gasteiger partial charge in [0, 0.05) is 31.1 Å². The van der Waals surface area contributed by atoms with Crippen molar-refractivity contribution in [3.63, 3.8) is 0 Å². The molecule has 0 radical (unpaired) electrons. The third-order valence-corrected chi connectivity index (χ3v) is 8.86. The molecule has 2 aliphatic rings. The first-order chi connectivity index (χ1) is 14.1. The molecule has 0 amide bonds. The predicted molar refractivity (Wildman–Crippen MR) is 111 cm³/mol. The van der Waals surface area contributed by atoms with E-state index in [1.54, 1.807) is 23.7 Å². The zero-order valence-corrected chi connectivity index (χ0v) is 17.5. The van der Waals surface area contributed by atoms with E-state index in [1.807, 2.05) is 0 Å². The van der Waals surface area contributed by atoms with Crippen LogP contribution < -0.4 is 4.90 Å². The van der Waals surface area contributed by atoms with Gasteiger partial charge in [0.15, 0.2) is 0 Å². The molecule has 6 nitrogen and oxygen atoms in total. The lowest BCUT2D eigenvalue weighted by Gasteiger charge is -2.35. The predicted octanol–water partition coefficient (Wildman–Crippen LogP) is 3.22. The number of hydrogen-bond donors (Lipinski definition) is 0. The molecule has 2 aromatic heterocycles. The monoisotopic (exact) mass is 432 g/mol. The normalized spacial score (nSPS) is 18.2. The van der Waals surface area contributed by atoms with E-state index in [4.69, 9.17) is 0 Å². The standard InChI is InChI=1S/C20H21FN4O2S2/c21-15-6-2-4-8-17(15)29(26,27)25-11-9-24(10-12-25)19-18-14-5-1-3-7-16(14)28-20(18)23-13-22-19/h2,4,6,8,13H,1,3,5,7,9-12H2. The quantitative estimate of drug-likeness (QED) is 0.636. The first kappa shape index (κ1) is 18.9. The van der Waals surface area contributed by atoms with E-state index >= 15 is 0 Å².